The molecular formula is C27H40O4. The van der Waals surface area contributed by atoms with Gasteiger partial charge in [-0.05, 0) is 91.8 Å². The minimum atomic E-state index is -0.350. The molecule has 172 valence electrons. The number of cyclic esters (lactones) is 1. The zero-order valence-electron chi connectivity index (χ0n) is 20.1. The molecule has 6 rings (SSSR count). The van der Waals surface area contributed by atoms with Crippen molar-refractivity contribution >= 4 is 11.8 Å². The van der Waals surface area contributed by atoms with Crippen LogP contribution < -0.4 is 0 Å². The van der Waals surface area contributed by atoms with E-state index in [0.717, 1.165) is 44.9 Å². The van der Waals surface area contributed by atoms with Crippen LogP contribution in [0.4, 0.5) is 0 Å². The van der Waals surface area contributed by atoms with Gasteiger partial charge in [0.25, 0.3) is 0 Å². The molecule has 1 aliphatic heterocycles. The molecule has 0 aromatic rings. The number of hydrogen-bond acceptors (Lipinski definition) is 4. The molecule has 1 heterocycles. The quantitative estimate of drug-likeness (QED) is 0.593. The Morgan fingerprint density at radius 2 is 1.58 bits per heavy atom. The van der Waals surface area contributed by atoms with Crippen molar-refractivity contribution in [1.29, 1.82) is 0 Å². The summed E-state index contributed by atoms with van der Waals surface area (Å²) in [7, 11) is 0. The van der Waals surface area contributed by atoms with Gasteiger partial charge in [-0.1, -0.05) is 27.7 Å². The summed E-state index contributed by atoms with van der Waals surface area (Å²) >= 11 is 0. The van der Waals surface area contributed by atoms with E-state index in [9.17, 15) is 14.7 Å². The van der Waals surface area contributed by atoms with Crippen molar-refractivity contribution in [2.24, 2.45) is 44.8 Å². The van der Waals surface area contributed by atoms with E-state index in [1.54, 1.807) is 0 Å². The van der Waals surface area contributed by atoms with E-state index in [1.165, 1.54) is 12.8 Å². The summed E-state index contributed by atoms with van der Waals surface area (Å²) in [5.41, 5.74) is -0.0344. The lowest BCUT2D eigenvalue weighted by Gasteiger charge is -2.64. The Kier molecular flexibility index (Phi) is 3.73. The van der Waals surface area contributed by atoms with E-state index in [4.69, 9.17) is 4.74 Å². The summed E-state index contributed by atoms with van der Waals surface area (Å²) in [5.74, 6) is 1.37. The minimum Gasteiger partial charge on any atom is -0.459 e. The second kappa shape index (κ2) is 5.59. The Morgan fingerprint density at radius 3 is 2.26 bits per heavy atom. The molecule has 5 aliphatic carbocycles. The molecule has 4 heteroatoms. The molecule has 0 aromatic carbocycles. The first kappa shape index (κ1) is 20.7. The lowest BCUT2D eigenvalue weighted by atomic mass is 9.41. The number of hydrogen-bond donors (Lipinski definition) is 1. The number of carbonyl (C=O) groups is 2. The summed E-state index contributed by atoms with van der Waals surface area (Å²) in [5, 5.41) is 11.7. The van der Waals surface area contributed by atoms with Crippen LogP contribution in [0.2, 0.25) is 0 Å². The normalized spacial score (nSPS) is 59.3. The van der Waals surface area contributed by atoms with Crippen molar-refractivity contribution in [3.05, 3.63) is 0 Å². The molecule has 6 fully saturated rings. The summed E-state index contributed by atoms with van der Waals surface area (Å²) in [4.78, 5) is 24.9. The van der Waals surface area contributed by atoms with Crippen molar-refractivity contribution in [3.63, 3.8) is 0 Å². The number of Topliss-reactive ketones (excluding diaryl/α,β-unsaturated/α-hetero) is 1. The highest BCUT2D eigenvalue weighted by atomic mass is 16.6. The summed E-state index contributed by atoms with van der Waals surface area (Å²) in [6, 6.07) is 0. The maximum Gasteiger partial charge on any atom is 0.306 e. The molecule has 0 amide bonds. The largest absolute Gasteiger partial charge is 0.459 e. The molecule has 1 saturated heterocycles. The first-order valence-electron chi connectivity index (χ1n) is 12.8. The molecule has 9 atom stereocenters. The van der Waals surface area contributed by atoms with E-state index in [2.05, 4.69) is 34.6 Å². The second-order valence-electron chi connectivity index (χ2n) is 13.7. The van der Waals surface area contributed by atoms with Crippen LogP contribution in [-0.2, 0) is 14.3 Å². The van der Waals surface area contributed by atoms with Gasteiger partial charge in [-0.15, -0.1) is 0 Å². The average molecular weight is 429 g/mol. The van der Waals surface area contributed by atoms with Crippen molar-refractivity contribution < 1.29 is 19.4 Å². The van der Waals surface area contributed by atoms with Crippen LogP contribution in [0.5, 0.6) is 0 Å². The Balaban J connectivity index is 1.40. The molecule has 6 aliphatic rings. The Bertz CT molecular complexity index is 878. The van der Waals surface area contributed by atoms with Crippen LogP contribution in [0.3, 0.4) is 0 Å². The van der Waals surface area contributed by atoms with Gasteiger partial charge in [-0.3, -0.25) is 9.59 Å². The van der Waals surface area contributed by atoms with Crippen molar-refractivity contribution in [2.45, 2.75) is 111 Å². The molecule has 5 saturated carbocycles. The molecule has 31 heavy (non-hydrogen) atoms. The lowest BCUT2D eigenvalue weighted by molar-refractivity contribution is -0.200. The monoisotopic (exact) mass is 428 g/mol. The van der Waals surface area contributed by atoms with Gasteiger partial charge in [0.2, 0.25) is 0 Å². The highest BCUT2D eigenvalue weighted by Gasteiger charge is 2.84. The zero-order chi connectivity index (χ0) is 22.2. The van der Waals surface area contributed by atoms with Crippen molar-refractivity contribution in [2.75, 3.05) is 0 Å². The summed E-state index contributed by atoms with van der Waals surface area (Å²) in [6.45, 7) is 11.4. The topological polar surface area (TPSA) is 63.6 Å². The third-order valence-corrected chi connectivity index (χ3v) is 12.7. The molecule has 4 nitrogen and oxygen atoms in total. The molecular weight excluding hydrogens is 388 g/mol. The standard InChI is InChI=1S/C27H40O4/c1-22(2)18-14-16(28)21-24(4)9-6-17(25(5)10-8-20(30)31-25)23(24,3)12-13-27(21)15-26(18,27)11-7-19(22)29/h16-18,21,28H,6-15H2,1-5H3/t16-,17-,18-,21-,23+,24-,25-,26+,27+/m0/s1. The van der Waals surface area contributed by atoms with E-state index < -0.39 is 0 Å². The fourth-order valence-corrected chi connectivity index (χ4v) is 11.1. The van der Waals surface area contributed by atoms with E-state index in [1.807, 2.05) is 0 Å². The van der Waals surface area contributed by atoms with Crippen LogP contribution in [0, 0.1) is 44.8 Å². The van der Waals surface area contributed by atoms with Crippen molar-refractivity contribution in [3.8, 4) is 0 Å². The maximum absolute atomic E-state index is 12.8. The molecule has 0 aromatic heterocycles. The Hall–Kier alpha value is -0.900. The predicted octanol–water partition coefficient (Wildman–Crippen LogP) is 5.06. The van der Waals surface area contributed by atoms with Gasteiger partial charge in [-0.25, -0.2) is 0 Å². The number of aliphatic hydroxyl groups is 1. The number of esters is 1. The number of carbonyl (C=O) groups excluding carboxylic acids is 2. The molecule has 1 N–H and O–H groups in total. The van der Waals surface area contributed by atoms with Gasteiger partial charge in [0, 0.05) is 24.2 Å². The van der Waals surface area contributed by atoms with E-state index >= 15 is 0 Å². The maximum atomic E-state index is 12.8. The van der Waals surface area contributed by atoms with Crippen LogP contribution in [0.1, 0.15) is 98.8 Å². The van der Waals surface area contributed by atoms with Gasteiger partial charge in [-0.2, -0.15) is 0 Å². The van der Waals surface area contributed by atoms with Crippen molar-refractivity contribution in [1.82, 2.24) is 0 Å². The highest BCUT2D eigenvalue weighted by molar-refractivity contribution is 5.86. The number of rotatable bonds is 1. The number of aliphatic hydroxyl groups excluding tert-OH is 1. The van der Waals surface area contributed by atoms with Crippen LogP contribution in [0.25, 0.3) is 0 Å². The fourth-order valence-electron chi connectivity index (χ4n) is 11.1. The second-order valence-corrected chi connectivity index (χ2v) is 13.7. The zero-order valence-corrected chi connectivity index (χ0v) is 20.1. The third kappa shape index (κ3) is 2.09. The van der Waals surface area contributed by atoms with Gasteiger partial charge in [0.15, 0.2) is 0 Å². The lowest BCUT2D eigenvalue weighted by Crippen LogP contribution is -2.62. The van der Waals surface area contributed by atoms with E-state index in [0.29, 0.717) is 30.0 Å². The van der Waals surface area contributed by atoms with Crippen LogP contribution >= 0.6 is 0 Å². The minimum absolute atomic E-state index is 0.0391. The summed E-state index contributed by atoms with van der Waals surface area (Å²) < 4.78 is 5.98. The predicted molar refractivity (Wildman–Crippen MR) is 117 cm³/mol. The van der Waals surface area contributed by atoms with Gasteiger partial charge < -0.3 is 9.84 Å². The molecule has 2 spiro atoms. The smallest absolute Gasteiger partial charge is 0.306 e. The van der Waals surface area contributed by atoms with Crippen LogP contribution in [-0.4, -0.2) is 28.6 Å². The Labute approximate surface area is 186 Å². The fraction of sp³-hybridized carbons (Fsp3) is 0.926. The Morgan fingerprint density at radius 1 is 0.839 bits per heavy atom. The first-order valence-corrected chi connectivity index (χ1v) is 12.8. The average Bonchev–Trinajstić information content (AvgIpc) is 3.06. The molecule has 0 radical (unpaired) electrons. The highest BCUT2D eigenvalue weighted by Crippen LogP contribution is 2.89. The van der Waals surface area contributed by atoms with Gasteiger partial charge >= 0.3 is 5.97 Å². The number of ether oxygens (including phenoxy) is 1. The number of ketones is 1. The number of fused-ring (bicyclic) bond motifs is 2. The SMILES string of the molecule is CC1(C)C(=O)CC[C@]23C[C@@]24CC[C@]2(C)[C@@H]([C@]5(C)CCC(=O)O5)CC[C@@]2(C)[C@@H]4[C@@H](O)C[C@@H]13. The van der Waals surface area contributed by atoms with Gasteiger partial charge in [0.1, 0.15) is 11.4 Å². The molecule has 0 bridgehead atoms. The molecule has 0 unspecified atom stereocenters. The van der Waals surface area contributed by atoms with E-state index in [-0.39, 0.29) is 44.7 Å². The first-order chi connectivity index (χ1) is 14.4. The third-order valence-electron chi connectivity index (χ3n) is 12.7. The van der Waals surface area contributed by atoms with Crippen LogP contribution in [0.15, 0.2) is 0 Å². The summed E-state index contributed by atoms with van der Waals surface area (Å²) in [6.07, 6.45) is 9.35. The van der Waals surface area contributed by atoms with Gasteiger partial charge in [0.05, 0.1) is 6.10 Å².